The Morgan fingerprint density at radius 1 is 0.958 bits per heavy atom. The van der Waals surface area contributed by atoms with Crippen molar-refractivity contribution in [3.63, 3.8) is 0 Å². The largest absolute Gasteiger partial charge is 0.450 e. The Morgan fingerprint density at radius 2 is 1.62 bits per heavy atom. The highest BCUT2D eigenvalue weighted by Crippen LogP contribution is 2.31. The third-order valence-corrected chi connectivity index (χ3v) is 4.72. The highest BCUT2D eigenvalue weighted by molar-refractivity contribution is 5.99. The van der Waals surface area contributed by atoms with Crippen LogP contribution in [0.1, 0.15) is 44.4 Å². The van der Waals surface area contributed by atoms with Crippen LogP contribution < -0.4 is 10.7 Å². The monoisotopic (exact) mass is 319 g/mol. The molecule has 1 aromatic heterocycles. The van der Waals surface area contributed by atoms with Crippen molar-refractivity contribution in [3.8, 4) is 0 Å². The maximum atomic E-state index is 13.0. The van der Waals surface area contributed by atoms with Crippen LogP contribution in [0.15, 0.2) is 45.6 Å². The minimum atomic E-state index is -0.463. The highest BCUT2D eigenvalue weighted by Gasteiger charge is 2.35. The van der Waals surface area contributed by atoms with Gasteiger partial charge in [0.05, 0.1) is 17.0 Å². The van der Waals surface area contributed by atoms with Crippen molar-refractivity contribution in [2.45, 2.75) is 26.8 Å². The molecule has 0 saturated heterocycles. The number of hydrogen-bond acceptors (Lipinski definition) is 3. The molecular weight excluding hydrogens is 302 g/mol. The summed E-state index contributed by atoms with van der Waals surface area (Å²) in [6, 6.07) is 11.0. The van der Waals surface area contributed by atoms with Crippen LogP contribution in [0, 0.1) is 20.8 Å². The van der Waals surface area contributed by atoms with E-state index in [4.69, 9.17) is 4.42 Å². The van der Waals surface area contributed by atoms with Gasteiger partial charge < -0.3 is 9.73 Å². The smallest absolute Gasteiger partial charge is 0.288 e. The van der Waals surface area contributed by atoms with Crippen LogP contribution in [0.4, 0.5) is 0 Å². The Hall–Kier alpha value is -2.88. The molecule has 0 saturated carbocycles. The molecule has 4 rings (SSSR count). The van der Waals surface area contributed by atoms with Gasteiger partial charge in [-0.3, -0.25) is 9.59 Å². The summed E-state index contributed by atoms with van der Waals surface area (Å²) < 4.78 is 5.80. The number of fused-ring (bicyclic) bond motifs is 2. The third kappa shape index (κ3) is 2.07. The number of carbonyl (C=O) groups excluding carboxylic acids is 1. The van der Waals surface area contributed by atoms with Crippen LogP contribution in [-0.2, 0) is 0 Å². The zero-order chi connectivity index (χ0) is 17.0. The first-order valence-electron chi connectivity index (χ1n) is 7.91. The van der Waals surface area contributed by atoms with Gasteiger partial charge in [0.1, 0.15) is 5.58 Å². The quantitative estimate of drug-likeness (QED) is 0.746. The average Bonchev–Trinajstić information content (AvgIpc) is 2.88. The molecule has 0 aliphatic carbocycles. The van der Waals surface area contributed by atoms with Gasteiger partial charge in [-0.2, -0.15) is 0 Å². The fourth-order valence-corrected chi connectivity index (χ4v) is 3.17. The molecule has 4 nitrogen and oxygen atoms in total. The number of rotatable bonds is 1. The Bertz CT molecular complexity index is 1050. The van der Waals surface area contributed by atoms with Crippen molar-refractivity contribution in [2.75, 3.05) is 0 Å². The van der Waals surface area contributed by atoms with Gasteiger partial charge in [0.25, 0.3) is 5.91 Å². The van der Waals surface area contributed by atoms with Gasteiger partial charge in [-0.1, -0.05) is 29.8 Å². The van der Waals surface area contributed by atoms with E-state index in [0.717, 1.165) is 22.3 Å². The normalized spacial score (nSPS) is 16.3. The van der Waals surface area contributed by atoms with E-state index in [1.807, 2.05) is 57.2 Å². The van der Waals surface area contributed by atoms with Crippen LogP contribution in [0.3, 0.4) is 0 Å². The average molecular weight is 319 g/mol. The van der Waals surface area contributed by atoms with Crippen LogP contribution in [0.25, 0.3) is 11.0 Å². The Morgan fingerprint density at radius 3 is 2.33 bits per heavy atom. The lowest BCUT2D eigenvalue weighted by atomic mass is 9.97. The van der Waals surface area contributed by atoms with Gasteiger partial charge >= 0.3 is 0 Å². The minimum absolute atomic E-state index is 0.126. The number of aryl methyl sites for hydroxylation is 3. The number of hydrogen-bond donors (Lipinski definition) is 1. The van der Waals surface area contributed by atoms with Gasteiger partial charge in [-0.15, -0.1) is 0 Å². The molecule has 2 heterocycles. The number of amides is 1. The standard InChI is InChI=1S/C20H17NO3/c1-10-4-6-13(7-5-10)17-16-18(22)14-8-11(2)12(3)9-15(14)24-19(16)20(23)21-17/h4-9,17H,1-3H3,(H,21,23). The summed E-state index contributed by atoms with van der Waals surface area (Å²) in [6.45, 7) is 5.91. The van der Waals surface area contributed by atoms with Gasteiger partial charge in [-0.25, -0.2) is 0 Å². The summed E-state index contributed by atoms with van der Waals surface area (Å²) >= 11 is 0. The molecule has 0 radical (unpaired) electrons. The van der Waals surface area contributed by atoms with Crippen molar-refractivity contribution in [1.29, 1.82) is 0 Å². The first kappa shape index (κ1) is 14.7. The van der Waals surface area contributed by atoms with Crippen LogP contribution in [0.5, 0.6) is 0 Å². The first-order chi connectivity index (χ1) is 11.5. The zero-order valence-corrected chi connectivity index (χ0v) is 13.8. The predicted octanol–water partition coefficient (Wildman–Crippen LogP) is 3.55. The van der Waals surface area contributed by atoms with Gasteiger partial charge in [0.15, 0.2) is 5.43 Å². The van der Waals surface area contributed by atoms with E-state index in [-0.39, 0.29) is 17.1 Å². The zero-order valence-electron chi connectivity index (χ0n) is 13.8. The summed E-state index contributed by atoms with van der Waals surface area (Å²) in [5.74, 6) is -0.214. The third-order valence-electron chi connectivity index (χ3n) is 4.72. The second-order valence-corrected chi connectivity index (χ2v) is 6.42. The van der Waals surface area contributed by atoms with Crippen LogP contribution >= 0.6 is 0 Å². The molecule has 4 heteroatoms. The maximum absolute atomic E-state index is 13.0. The van der Waals surface area contributed by atoms with Crippen molar-refractivity contribution < 1.29 is 9.21 Å². The van der Waals surface area contributed by atoms with E-state index in [9.17, 15) is 9.59 Å². The number of benzene rings is 2. The van der Waals surface area contributed by atoms with Gasteiger partial charge in [0, 0.05) is 0 Å². The Labute approximate surface area is 139 Å². The lowest BCUT2D eigenvalue weighted by molar-refractivity contribution is 0.0938. The number of nitrogens with one attached hydrogen (secondary N) is 1. The summed E-state index contributed by atoms with van der Waals surface area (Å²) in [5.41, 5.74) is 4.78. The minimum Gasteiger partial charge on any atom is -0.450 e. The summed E-state index contributed by atoms with van der Waals surface area (Å²) in [6.07, 6.45) is 0. The van der Waals surface area contributed by atoms with E-state index >= 15 is 0 Å². The topological polar surface area (TPSA) is 59.3 Å². The number of carbonyl (C=O) groups is 1. The fourth-order valence-electron chi connectivity index (χ4n) is 3.17. The maximum Gasteiger partial charge on any atom is 0.288 e. The molecule has 1 amide bonds. The molecule has 1 atom stereocenters. The molecule has 0 fully saturated rings. The Balaban J connectivity index is 2.00. The summed E-state index contributed by atoms with van der Waals surface area (Å²) in [5, 5.41) is 3.39. The summed E-state index contributed by atoms with van der Waals surface area (Å²) in [7, 11) is 0. The van der Waals surface area contributed by atoms with E-state index < -0.39 is 6.04 Å². The lowest BCUT2D eigenvalue weighted by Crippen LogP contribution is -2.21. The molecule has 24 heavy (non-hydrogen) atoms. The van der Waals surface area contributed by atoms with Crippen molar-refractivity contribution >= 4 is 16.9 Å². The molecule has 120 valence electrons. The van der Waals surface area contributed by atoms with E-state index in [1.165, 1.54) is 0 Å². The molecule has 2 aromatic carbocycles. The predicted molar refractivity (Wildman–Crippen MR) is 92.4 cm³/mol. The molecule has 3 aromatic rings. The second kappa shape index (κ2) is 5.06. The molecule has 1 aliphatic rings. The van der Waals surface area contributed by atoms with Crippen LogP contribution in [-0.4, -0.2) is 5.91 Å². The van der Waals surface area contributed by atoms with Gasteiger partial charge in [-0.05, 0) is 49.6 Å². The molecular formula is C20H17NO3. The summed E-state index contributed by atoms with van der Waals surface area (Å²) in [4.78, 5) is 25.3. The fraction of sp³-hybridized carbons (Fsp3) is 0.200. The van der Waals surface area contributed by atoms with E-state index in [2.05, 4.69) is 5.32 Å². The first-order valence-corrected chi connectivity index (χ1v) is 7.91. The highest BCUT2D eigenvalue weighted by atomic mass is 16.3. The molecule has 1 N–H and O–H groups in total. The van der Waals surface area contributed by atoms with E-state index in [1.54, 1.807) is 0 Å². The Kier molecular flexibility index (Phi) is 3.10. The van der Waals surface area contributed by atoms with Gasteiger partial charge in [0.2, 0.25) is 5.76 Å². The van der Waals surface area contributed by atoms with Crippen molar-refractivity contribution in [1.82, 2.24) is 5.32 Å². The molecule has 0 spiro atoms. The van der Waals surface area contributed by atoms with Crippen molar-refractivity contribution in [3.05, 3.63) is 80.2 Å². The second-order valence-electron chi connectivity index (χ2n) is 6.42. The van der Waals surface area contributed by atoms with Crippen LogP contribution in [0.2, 0.25) is 0 Å². The lowest BCUT2D eigenvalue weighted by Gasteiger charge is -2.12. The molecule has 1 unspecified atom stereocenters. The van der Waals surface area contributed by atoms with Crippen molar-refractivity contribution in [2.24, 2.45) is 0 Å². The molecule has 1 aliphatic heterocycles. The molecule has 0 bridgehead atoms. The van der Waals surface area contributed by atoms with E-state index in [0.29, 0.717) is 16.5 Å². The SMILES string of the molecule is Cc1ccc(C2NC(=O)c3oc4cc(C)c(C)cc4c(=O)c32)cc1.